The molecule has 2 amide bonds. The highest BCUT2D eigenvalue weighted by molar-refractivity contribution is 5.86. The molecule has 1 aromatic carbocycles. The van der Waals surface area contributed by atoms with Gasteiger partial charge in [0.25, 0.3) is 5.91 Å². The van der Waals surface area contributed by atoms with Gasteiger partial charge in [-0.25, -0.2) is 5.06 Å². The summed E-state index contributed by atoms with van der Waals surface area (Å²) >= 11 is 0. The smallest absolute Gasteiger partial charge is 0.345 e. The van der Waals surface area contributed by atoms with Gasteiger partial charge in [0.15, 0.2) is 0 Å². The second-order valence-electron chi connectivity index (χ2n) is 5.82. The summed E-state index contributed by atoms with van der Waals surface area (Å²) in [6.07, 6.45) is -4.47. The maximum atomic E-state index is 12.5. The fourth-order valence-corrected chi connectivity index (χ4v) is 2.23. The van der Waals surface area contributed by atoms with Gasteiger partial charge >= 0.3 is 12.1 Å². The Morgan fingerprint density at radius 1 is 1.29 bits per heavy atom. The predicted molar refractivity (Wildman–Crippen MR) is 90.2 cm³/mol. The zero-order chi connectivity index (χ0) is 20.9. The normalized spacial score (nSPS) is 12.5. The molecule has 0 radical (unpaired) electrons. The monoisotopic (exact) mass is 400 g/mol. The summed E-state index contributed by atoms with van der Waals surface area (Å²) in [6, 6.07) is 5.41. The summed E-state index contributed by atoms with van der Waals surface area (Å²) in [5, 5.41) is 6.93. The number of benzene rings is 1. The highest BCUT2D eigenvalue weighted by atomic mass is 19.4. The number of carbonyl (C=O) groups is 2. The van der Waals surface area contributed by atoms with Gasteiger partial charge in [-0.2, -0.15) is 18.2 Å². The molecular weight excluding hydrogens is 381 g/mol. The fraction of sp³-hybridized carbons (Fsp3) is 0.412. The molecule has 1 atom stereocenters. The van der Waals surface area contributed by atoms with Crippen LogP contribution >= 0.6 is 0 Å². The molecule has 1 aromatic heterocycles. The lowest BCUT2D eigenvalue weighted by atomic mass is 10.1. The van der Waals surface area contributed by atoms with Crippen LogP contribution in [0.3, 0.4) is 0 Å². The molecule has 0 aliphatic heterocycles. The number of hydroxylamine groups is 2. The van der Waals surface area contributed by atoms with Crippen LogP contribution in [-0.2, 0) is 27.1 Å². The van der Waals surface area contributed by atoms with Crippen LogP contribution in [0.2, 0.25) is 0 Å². The quantitative estimate of drug-likeness (QED) is 0.718. The van der Waals surface area contributed by atoms with Crippen molar-refractivity contribution in [1.29, 1.82) is 0 Å². The minimum atomic E-state index is -4.71. The van der Waals surface area contributed by atoms with Crippen LogP contribution in [0.15, 0.2) is 28.8 Å². The van der Waals surface area contributed by atoms with Crippen LogP contribution < -0.4 is 5.32 Å². The highest BCUT2D eigenvalue weighted by Crippen LogP contribution is 2.29. The SMILES string of the molecule is CCC(=O)NC(C)C(=O)N(Cc1ccc(-c2noc(C(F)(F)F)n2)cc1)OC. The summed E-state index contributed by atoms with van der Waals surface area (Å²) in [6.45, 7) is 3.28. The van der Waals surface area contributed by atoms with Crippen LogP contribution in [0.25, 0.3) is 11.4 Å². The maximum Gasteiger partial charge on any atom is 0.471 e. The number of amides is 2. The largest absolute Gasteiger partial charge is 0.471 e. The molecule has 0 saturated heterocycles. The Kier molecular flexibility index (Phi) is 6.73. The minimum absolute atomic E-state index is 0.0714. The summed E-state index contributed by atoms with van der Waals surface area (Å²) in [5.41, 5.74) is 0.967. The lowest BCUT2D eigenvalue weighted by Gasteiger charge is -2.23. The molecule has 0 spiro atoms. The Labute approximate surface area is 158 Å². The van der Waals surface area contributed by atoms with Crippen molar-refractivity contribution in [2.45, 2.75) is 39.0 Å². The topological polar surface area (TPSA) is 97.6 Å². The average Bonchev–Trinajstić information content (AvgIpc) is 3.16. The second kappa shape index (κ2) is 8.83. The summed E-state index contributed by atoms with van der Waals surface area (Å²) in [5.74, 6) is -2.33. The van der Waals surface area contributed by atoms with Crippen molar-refractivity contribution in [3.63, 3.8) is 0 Å². The van der Waals surface area contributed by atoms with Gasteiger partial charge in [-0.1, -0.05) is 36.3 Å². The Morgan fingerprint density at radius 3 is 2.43 bits per heavy atom. The molecule has 0 saturated carbocycles. The molecule has 11 heteroatoms. The first-order chi connectivity index (χ1) is 13.2. The molecule has 2 aromatic rings. The molecule has 1 unspecified atom stereocenters. The number of hydrogen-bond acceptors (Lipinski definition) is 6. The van der Waals surface area contributed by atoms with E-state index in [1.165, 1.54) is 19.2 Å². The molecule has 28 heavy (non-hydrogen) atoms. The lowest BCUT2D eigenvalue weighted by Crippen LogP contribution is -2.46. The van der Waals surface area contributed by atoms with E-state index in [0.717, 1.165) is 5.06 Å². The van der Waals surface area contributed by atoms with E-state index in [1.807, 2.05) is 0 Å². The van der Waals surface area contributed by atoms with E-state index >= 15 is 0 Å². The van der Waals surface area contributed by atoms with E-state index in [4.69, 9.17) is 4.84 Å². The van der Waals surface area contributed by atoms with E-state index in [2.05, 4.69) is 20.0 Å². The third kappa shape index (κ3) is 5.28. The first-order valence-electron chi connectivity index (χ1n) is 8.30. The minimum Gasteiger partial charge on any atom is -0.345 e. The van der Waals surface area contributed by atoms with E-state index < -0.39 is 24.0 Å². The van der Waals surface area contributed by atoms with Crippen molar-refractivity contribution >= 4 is 11.8 Å². The van der Waals surface area contributed by atoms with E-state index in [1.54, 1.807) is 26.0 Å². The molecule has 0 fully saturated rings. The Balaban J connectivity index is 2.07. The first-order valence-corrected chi connectivity index (χ1v) is 8.30. The van der Waals surface area contributed by atoms with Crippen molar-refractivity contribution < 1.29 is 32.1 Å². The van der Waals surface area contributed by atoms with Crippen molar-refractivity contribution in [2.24, 2.45) is 0 Å². The van der Waals surface area contributed by atoms with Gasteiger partial charge in [0, 0.05) is 12.0 Å². The van der Waals surface area contributed by atoms with E-state index in [9.17, 15) is 22.8 Å². The van der Waals surface area contributed by atoms with Gasteiger partial charge in [-0.3, -0.25) is 14.4 Å². The van der Waals surface area contributed by atoms with Crippen LogP contribution in [0, 0.1) is 0 Å². The Morgan fingerprint density at radius 2 is 1.93 bits per heavy atom. The number of carbonyl (C=O) groups excluding carboxylic acids is 2. The Bertz CT molecular complexity index is 821. The van der Waals surface area contributed by atoms with Gasteiger partial charge < -0.3 is 9.84 Å². The van der Waals surface area contributed by atoms with Crippen molar-refractivity contribution in [2.75, 3.05) is 7.11 Å². The fourth-order valence-electron chi connectivity index (χ4n) is 2.23. The maximum absolute atomic E-state index is 12.5. The predicted octanol–water partition coefficient (Wildman–Crippen LogP) is 2.56. The van der Waals surface area contributed by atoms with Crippen molar-refractivity contribution in [1.82, 2.24) is 20.5 Å². The molecular formula is C17H19F3N4O4. The second-order valence-corrected chi connectivity index (χ2v) is 5.82. The zero-order valence-electron chi connectivity index (χ0n) is 15.4. The molecule has 152 valence electrons. The first kappa shape index (κ1) is 21.4. The molecule has 0 bridgehead atoms. The third-order valence-electron chi connectivity index (χ3n) is 3.74. The molecule has 2 rings (SSSR count). The summed E-state index contributed by atoms with van der Waals surface area (Å²) in [4.78, 5) is 32.2. The van der Waals surface area contributed by atoms with Crippen LogP contribution in [0.5, 0.6) is 0 Å². The van der Waals surface area contributed by atoms with Crippen LogP contribution in [-0.4, -0.2) is 40.2 Å². The number of aromatic nitrogens is 2. The Hall–Kier alpha value is -2.95. The van der Waals surface area contributed by atoms with Gasteiger partial charge in [0.2, 0.25) is 11.7 Å². The van der Waals surface area contributed by atoms with Gasteiger partial charge in [0.1, 0.15) is 6.04 Å². The number of halogens is 3. The third-order valence-corrected chi connectivity index (χ3v) is 3.74. The van der Waals surface area contributed by atoms with E-state index in [0.29, 0.717) is 11.1 Å². The van der Waals surface area contributed by atoms with Crippen molar-refractivity contribution in [3.05, 3.63) is 35.7 Å². The lowest BCUT2D eigenvalue weighted by molar-refractivity contribution is -0.181. The number of nitrogens with one attached hydrogen (secondary N) is 1. The zero-order valence-corrected chi connectivity index (χ0v) is 15.4. The molecule has 8 nitrogen and oxygen atoms in total. The van der Waals surface area contributed by atoms with Gasteiger partial charge in [0.05, 0.1) is 13.7 Å². The number of nitrogens with zero attached hydrogens (tertiary/aromatic N) is 3. The van der Waals surface area contributed by atoms with Crippen LogP contribution in [0.1, 0.15) is 31.7 Å². The summed E-state index contributed by atoms with van der Waals surface area (Å²) in [7, 11) is 1.32. The summed E-state index contributed by atoms with van der Waals surface area (Å²) < 4.78 is 41.8. The molecule has 1 N–H and O–H groups in total. The van der Waals surface area contributed by atoms with Gasteiger partial charge in [-0.05, 0) is 12.5 Å². The highest BCUT2D eigenvalue weighted by Gasteiger charge is 2.38. The van der Waals surface area contributed by atoms with Crippen molar-refractivity contribution in [3.8, 4) is 11.4 Å². The molecule has 0 aliphatic carbocycles. The molecule has 0 aliphatic rings. The molecule has 1 heterocycles. The number of rotatable bonds is 7. The van der Waals surface area contributed by atoms with Gasteiger partial charge in [-0.15, -0.1) is 0 Å². The number of alkyl halides is 3. The number of hydrogen-bond donors (Lipinski definition) is 1. The van der Waals surface area contributed by atoms with Crippen LogP contribution in [0.4, 0.5) is 13.2 Å². The average molecular weight is 400 g/mol. The van der Waals surface area contributed by atoms with E-state index in [-0.39, 0.29) is 24.7 Å². The standard InChI is InChI=1S/C17H19F3N4O4/c1-4-13(25)21-10(2)15(26)24(27-3)9-11-5-7-12(8-6-11)14-22-16(28-23-14)17(18,19)20/h5-8,10H,4,9H2,1-3H3,(H,21,25).